The van der Waals surface area contributed by atoms with E-state index >= 15 is 0 Å². The average Bonchev–Trinajstić information content (AvgIpc) is 2.78. The summed E-state index contributed by atoms with van der Waals surface area (Å²) in [6.45, 7) is 5.81. The van der Waals surface area contributed by atoms with E-state index in [0.717, 1.165) is 41.5 Å². The van der Waals surface area contributed by atoms with Gasteiger partial charge in [0.05, 0.1) is 16.3 Å². The molecule has 5 heteroatoms. The number of nitrogens with zero attached hydrogens (tertiary/aromatic N) is 2. The first kappa shape index (κ1) is 14.1. The normalized spacial score (nSPS) is 16.1. The lowest BCUT2D eigenvalue weighted by Crippen LogP contribution is -2.46. The smallest absolute Gasteiger partial charge is 0.264 e. The van der Waals surface area contributed by atoms with E-state index < -0.39 is 0 Å². The fourth-order valence-electron chi connectivity index (χ4n) is 2.01. The van der Waals surface area contributed by atoms with Crippen LogP contribution in [0.2, 0.25) is 0 Å². The molecule has 2 heterocycles. The number of hydrogen-bond donors (Lipinski definition) is 1. The summed E-state index contributed by atoms with van der Waals surface area (Å²) >= 11 is 1.47. The Morgan fingerprint density at radius 2 is 2.11 bits per heavy atom. The van der Waals surface area contributed by atoms with Crippen LogP contribution < -0.4 is 5.73 Å². The number of rotatable bonds is 1. The van der Waals surface area contributed by atoms with Crippen LogP contribution in [0.4, 0.5) is 0 Å². The van der Waals surface area contributed by atoms with Crippen LogP contribution in [0, 0.1) is 18.8 Å². The molecule has 1 amide bonds. The van der Waals surface area contributed by atoms with Gasteiger partial charge in [-0.1, -0.05) is 11.8 Å². The number of carbonyl (C=O) groups excluding carboxylic acids is 1. The number of aryl methyl sites for hydroxylation is 1. The van der Waals surface area contributed by atoms with Gasteiger partial charge in [-0.05, 0) is 25.6 Å². The van der Waals surface area contributed by atoms with Crippen LogP contribution >= 0.6 is 11.3 Å². The molecule has 19 heavy (non-hydrogen) atoms. The van der Waals surface area contributed by atoms with Gasteiger partial charge in [0, 0.05) is 26.2 Å². The van der Waals surface area contributed by atoms with Crippen LogP contribution in [0.25, 0.3) is 0 Å². The van der Waals surface area contributed by atoms with E-state index in [4.69, 9.17) is 5.73 Å². The highest BCUT2D eigenvalue weighted by Gasteiger charge is 2.22. The summed E-state index contributed by atoms with van der Waals surface area (Å²) in [7, 11) is 2.08. The van der Waals surface area contributed by atoms with E-state index in [0.29, 0.717) is 6.54 Å². The molecular weight excluding hydrogens is 258 g/mol. The minimum atomic E-state index is 0.127. The van der Waals surface area contributed by atoms with Crippen molar-refractivity contribution in [3.63, 3.8) is 0 Å². The predicted octanol–water partition coefficient (Wildman–Crippen LogP) is 0.754. The maximum atomic E-state index is 12.4. The summed E-state index contributed by atoms with van der Waals surface area (Å²) in [5.41, 5.74) is 6.43. The van der Waals surface area contributed by atoms with E-state index in [1.807, 2.05) is 17.9 Å². The molecule has 2 rings (SSSR count). The van der Waals surface area contributed by atoms with Gasteiger partial charge in [0.2, 0.25) is 0 Å². The molecule has 0 aromatic carbocycles. The minimum absolute atomic E-state index is 0.127. The molecule has 1 aliphatic rings. The third-order valence-electron chi connectivity index (χ3n) is 3.22. The number of hydrogen-bond acceptors (Lipinski definition) is 4. The molecule has 1 aromatic rings. The van der Waals surface area contributed by atoms with Gasteiger partial charge in [0.1, 0.15) is 0 Å². The molecule has 1 aliphatic heterocycles. The Hall–Kier alpha value is -1.35. The SMILES string of the molecule is Cc1cc(C(=O)N2CCN(C)CC2)sc1C#CCN. The highest BCUT2D eigenvalue weighted by atomic mass is 32.1. The van der Waals surface area contributed by atoms with Gasteiger partial charge in [-0.3, -0.25) is 4.79 Å². The minimum Gasteiger partial charge on any atom is -0.335 e. The summed E-state index contributed by atoms with van der Waals surface area (Å²) in [6.07, 6.45) is 0. The van der Waals surface area contributed by atoms with Gasteiger partial charge < -0.3 is 15.5 Å². The number of carbonyl (C=O) groups is 1. The van der Waals surface area contributed by atoms with Crippen LogP contribution in [0.5, 0.6) is 0 Å². The fraction of sp³-hybridized carbons (Fsp3) is 0.500. The summed E-state index contributed by atoms with van der Waals surface area (Å²) in [4.78, 5) is 18.3. The molecule has 0 bridgehead atoms. The monoisotopic (exact) mass is 277 g/mol. The van der Waals surface area contributed by atoms with Crippen LogP contribution in [-0.2, 0) is 0 Å². The van der Waals surface area contributed by atoms with E-state index in [2.05, 4.69) is 23.8 Å². The Morgan fingerprint density at radius 3 is 2.74 bits per heavy atom. The highest BCUT2D eigenvalue weighted by molar-refractivity contribution is 7.14. The Balaban J connectivity index is 2.11. The lowest BCUT2D eigenvalue weighted by Gasteiger charge is -2.32. The Kier molecular flexibility index (Phi) is 4.59. The Bertz CT molecular complexity index is 519. The lowest BCUT2D eigenvalue weighted by molar-refractivity contribution is 0.0669. The van der Waals surface area contributed by atoms with Gasteiger partial charge in [0.15, 0.2) is 0 Å². The summed E-state index contributed by atoms with van der Waals surface area (Å²) in [6, 6.07) is 1.94. The second-order valence-electron chi connectivity index (χ2n) is 4.72. The zero-order chi connectivity index (χ0) is 13.8. The molecule has 1 saturated heterocycles. The van der Waals surface area contributed by atoms with Crippen molar-refractivity contribution in [1.82, 2.24) is 9.80 Å². The molecule has 0 spiro atoms. The van der Waals surface area contributed by atoms with E-state index in [1.54, 1.807) is 0 Å². The predicted molar refractivity (Wildman–Crippen MR) is 78.4 cm³/mol. The van der Waals surface area contributed by atoms with Crippen LogP contribution in [0.15, 0.2) is 6.07 Å². The fourth-order valence-corrected chi connectivity index (χ4v) is 3.02. The van der Waals surface area contributed by atoms with Crippen molar-refractivity contribution in [2.75, 3.05) is 39.8 Å². The average molecular weight is 277 g/mol. The maximum absolute atomic E-state index is 12.4. The number of amides is 1. The lowest BCUT2D eigenvalue weighted by atomic mass is 10.2. The first-order valence-corrected chi connectivity index (χ1v) is 7.20. The van der Waals surface area contributed by atoms with E-state index in [9.17, 15) is 4.79 Å². The summed E-state index contributed by atoms with van der Waals surface area (Å²) in [5, 5.41) is 0. The molecule has 2 N–H and O–H groups in total. The largest absolute Gasteiger partial charge is 0.335 e. The number of thiophene rings is 1. The zero-order valence-corrected chi connectivity index (χ0v) is 12.2. The third-order valence-corrected chi connectivity index (χ3v) is 4.36. The number of likely N-dealkylation sites (N-methyl/N-ethyl adjacent to an activating group) is 1. The van der Waals surface area contributed by atoms with E-state index in [-0.39, 0.29) is 5.91 Å². The van der Waals surface area contributed by atoms with Gasteiger partial charge >= 0.3 is 0 Å². The van der Waals surface area contributed by atoms with Crippen molar-refractivity contribution < 1.29 is 4.79 Å². The van der Waals surface area contributed by atoms with Gasteiger partial charge in [-0.2, -0.15) is 0 Å². The van der Waals surface area contributed by atoms with Gasteiger partial charge in [-0.25, -0.2) is 0 Å². The molecule has 0 atom stereocenters. The van der Waals surface area contributed by atoms with Crippen LogP contribution in [-0.4, -0.2) is 55.5 Å². The molecule has 102 valence electrons. The van der Waals surface area contributed by atoms with Crippen LogP contribution in [0.3, 0.4) is 0 Å². The van der Waals surface area contributed by atoms with Crippen molar-refractivity contribution in [3.8, 4) is 11.8 Å². The second-order valence-corrected chi connectivity index (χ2v) is 5.78. The molecule has 0 saturated carbocycles. The molecule has 0 radical (unpaired) electrons. The zero-order valence-electron chi connectivity index (χ0n) is 11.4. The van der Waals surface area contributed by atoms with Crippen molar-refractivity contribution in [1.29, 1.82) is 0 Å². The van der Waals surface area contributed by atoms with Crippen molar-refractivity contribution in [2.45, 2.75) is 6.92 Å². The molecular formula is C14H19N3OS. The topological polar surface area (TPSA) is 49.6 Å². The standard InChI is InChI=1S/C14H19N3OS/c1-11-10-13(19-12(11)4-3-5-15)14(18)17-8-6-16(2)7-9-17/h10H,5-9,15H2,1-2H3. The number of nitrogens with two attached hydrogens (primary N) is 1. The summed E-state index contributed by atoms with van der Waals surface area (Å²) in [5.74, 6) is 5.99. The number of piperazine rings is 1. The van der Waals surface area contributed by atoms with Crippen molar-refractivity contribution >= 4 is 17.2 Å². The van der Waals surface area contributed by atoms with E-state index in [1.165, 1.54) is 11.3 Å². The quantitative estimate of drug-likeness (QED) is 0.771. The molecule has 1 aromatic heterocycles. The Morgan fingerprint density at radius 1 is 1.42 bits per heavy atom. The molecule has 0 unspecified atom stereocenters. The summed E-state index contributed by atoms with van der Waals surface area (Å²) < 4.78 is 0. The molecule has 4 nitrogen and oxygen atoms in total. The third kappa shape index (κ3) is 3.35. The highest BCUT2D eigenvalue weighted by Crippen LogP contribution is 2.22. The molecule has 1 fully saturated rings. The Labute approximate surface area is 118 Å². The van der Waals surface area contributed by atoms with Crippen LogP contribution in [0.1, 0.15) is 20.1 Å². The first-order valence-electron chi connectivity index (χ1n) is 6.39. The molecule has 0 aliphatic carbocycles. The van der Waals surface area contributed by atoms with Gasteiger partial charge in [-0.15, -0.1) is 11.3 Å². The second kappa shape index (κ2) is 6.20. The maximum Gasteiger partial charge on any atom is 0.264 e. The van der Waals surface area contributed by atoms with Crippen molar-refractivity contribution in [2.24, 2.45) is 5.73 Å². The first-order chi connectivity index (χ1) is 9.11. The van der Waals surface area contributed by atoms with Gasteiger partial charge in [0.25, 0.3) is 5.91 Å². The van der Waals surface area contributed by atoms with Crippen molar-refractivity contribution in [3.05, 3.63) is 21.4 Å².